The molecule has 0 amide bonds. The summed E-state index contributed by atoms with van der Waals surface area (Å²) in [5.74, 6) is -1.80. The first kappa shape index (κ1) is 12.0. The Hall–Kier alpha value is -1.46. The Morgan fingerprint density at radius 3 is 2.47 bits per heavy atom. The third-order valence-electron chi connectivity index (χ3n) is 1.81. The molecule has 0 aliphatic rings. The van der Waals surface area contributed by atoms with Gasteiger partial charge in [0.1, 0.15) is 5.75 Å². The van der Waals surface area contributed by atoms with E-state index in [1.807, 2.05) is 0 Å². The number of ether oxygens (including phenoxy) is 1. The maximum absolute atomic E-state index is 12.9. The number of hydrogen-bond donors (Lipinski definition) is 0. The van der Waals surface area contributed by atoms with Gasteiger partial charge in [-0.25, -0.2) is 8.78 Å². The van der Waals surface area contributed by atoms with Gasteiger partial charge in [-0.1, -0.05) is 23.2 Å². The summed E-state index contributed by atoms with van der Waals surface area (Å²) in [6, 6.07) is 4.40. The second-order valence-electron chi connectivity index (χ2n) is 3.00. The fourth-order valence-electron chi connectivity index (χ4n) is 1.08. The monoisotopic (exact) mass is 276 g/mol. The van der Waals surface area contributed by atoms with Crippen LogP contribution in [0.3, 0.4) is 0 Å². The molecular formula is C10H4Cl2F2N2O. The molecule has 0 fully saturated rings. The van der Waals surface area contributed by atoms with Crippen LogP contribution in [-0.2, 0) is 0 Å². The van der Waals surface area contributed by atoms with Gasteiger partial charge in [-0.3, -0.25) is 0 Å². The van der Waals surface area contributed by atoms with Crippen molar-refractivity contribution in [2.45, 2.75) is 0 Å². The maximum Gasteiger partial charge on any atom is 0.194 e. The van der Waals surface area contributed by atoms with Gasteiger partial charge in [0.15, 0.2) is 27.7 Å². The quantitative estimate of drug-likeness (QED) is 0.836. The Morgan fingerprint density at radius 2 is 1.76 bits per heavy atom. The van der Waals surface area contributed by atoms with Crippen LogP contribution in [0.15, 0.2) is 24.3 Å². The Kier molecular flexibility index (Phi) is 3.40. The third-order valence-corrected chi connectivity index (χ3v) is 2.25. The molecule has 2 rings (SSSR count). The van der Waals surface area contributed by atoms with Crippen molar-refractivity contribution < 1.29 is 13.5 Å². The zero-order valence-corrected chi connectivity index (χ0v) is 9.64. The van der Waals surface area contributed by atoms with E-state index in [2.05, 4.69) is 10.2 Å². The minimum Gasteiger partial charge on any atom is -0.454 e. The molecule has 0 saturated heterocycles. The summed E-state index contributed by atoms with van der Waals surface area (Å²) in [6.45, 7) is 0. The summed E-state index contributed by atoms with van der Waals surface area (Å²) >= 11 is 11.3. The third kappa shape index (κ3) is 2.81. The van der Waals surface area contributed by atoms with E-state index in [4.69, 9.17) is 27.9 Å². The fraction of sp³-hybridized carbons (Fsp3) is 0. The molecule has 1 heterocycles. The number of rotatable bonds is 2. The van der Waals surface area contributed by atoms with Crippen molar-refractivity contribution in [2.24, 2.45) is 0 Å². The standard InChI is InChI=1S/C10H4Cl2F2N2O/c11-9-4-8(10(12)16-15-9)17-5-1-2-6(13)7(14)3-5/h1-4H. The van der Waals surface area contributed by atoms with Crippen LogP contribution in [0.25, 0.3) is 0 Å². The zero-order valence-electron chi connectivity index (χ0n) is 8.12. The van der Waals surface area contributed by atoms with Gasteiger partial charge < -0.3 is 4.74 Å². The largest absolute Gasteiger partial charge is 0.454 e. The van der Waals surface area contributed by atoms with Crippen LogP contribution in [0.5, 0.6) is 11.5 Å². The zero-order chi connectivity index (χ0) is 12.4. The van der Waals surface area contributed by atoms with Crippen molar-refractivity contribution in [3.05, 3.63) is 46.2 Å². The normalized spacial score (nSPS) is 10.4. The molecule has 0 aliphatic carbocycles. The van der Waals surface area contributed by atoms with Crippen molar-refractivity contribution in [1.82, 2.24) is 10.2 Å². The van der Waals surface area contributed by atoms with Crippen molar-refractivity contribution in [3.63, 3.8) is 0 Å². The molecule has 0 bridgehead atoms. The van der Waals surface area contributed by atoms with Gasteiger partial charge in [-0.05, 0) is 12.1 Å². The van der Waals surface area contributed by atoms with Crippen LogP contribution in [0.1, 0.15) is 0 Å². The second-order valence-corrected chi connectivity index (χ2v) is 3.75. The summed E-state index contributed by atoms with van der Waals surface area (Å²) < 4.78 is 30.8. The number of hydrogen-bond acceptors (Lipinski definition) is 3. The van der Waals surface area contributed by atoms with Gasteiger partial charge in [-0.15, -0.1) is 10.2 Å². The summed E-state index contributed by atoms with van der Waals surface area (Å²) in [7, 11) is 0. The van der Waals surface area contributed by atoms with Crippen LogP contribution in [-0.4, -0.2) is 10.2 Å². The van der Waals surface area contributed by atoms with E-state index in [9.17, 15) is 8.78 Å². The van der Waals surface area contributed by atoms with Crippen molar-refractivity contribution in [2.75, 3.05) is 0 Å². The van der Waals surface area contributed by atoms with E-state index in [0.29, 0.717) is 0 Å². The van der Waals surface area contributed by atoms with Crippen LogP contribution in [0.4, 0.5) is 8.78 Å². The minimum atomic E-state index is -1.02. The van der Waals surface area contributed by atoms with Crippen LogP contribution in [0.2, 0.25) is 10.3 Å². The molecule has 2 aromatic rings. The fourth-order valence-corrected chi connectivity index (χ4v) is 1.34. The first-order chi connectivity index (χ1) is 8.06. The number of aromatic nitrogens is 2. The second kappa shape index (κ2) is 4.81. The molecule has 0 atom stereocenters. The first-order valence-electron chi connectivity index (χ1n) is 4.38. The number of halogens is 4. The summed E-state index contributed by atoms with van der Waals surface area (Å²) in [5, 5.41) is 7.03. The van der Waals surface area contributed by atoms with Gasteiger partial charge in [0.2, 0.25) is 0 Å². The minimum absolute atomic E-state index is 0.0286. The Labute approximate surface area is 105 Å². The van der Waals surface area contributed by atoms with E-state index in [1.165, 1.54) is 12.1 Å². The molecular weight excluding hydrogens is 273 g/mol. The first-order valence-corrected chi connectivity index (χ1v) is 5.13. The Morgan fingerprint density at radius 1 is 1.00 bits per heavy atom. The number of nitrogens with zero attached hydrogens (tertiary/aromatic N) is 2. The SMILES string of the molecule is Fc1ccc(Oc2cc(Cl)nnc2Cl)cc1F. The maximum atomic E-state index is 12.9. The van der Waals surface area contributed by atoms with Crippen LogP contribution in [0, 0.1) is 11.6 Å². The van der Waals surface area contributed by atoms with E-state index in [-0.39, 0.29) is 21.8 Å². The molecule has 88 valence electrons. The summed E-state index contributed by atoms with van der Waals surface area (Å²) in [5.41, 5.74) is 0. The molecule has 17 heavy (non-hydrogen) atoms. The highest BCUT2D eigenvalue weighted by atomic mass is 35.5. The molecule has 0 aliphatic heterocycles. The van der Waals surface area contributed by atoms with E-state index in [0.717, 1.165) is 12.1 Å². The molecule has 0 spiro atoms. The van der Waals surface area contributed by atoms with E-state index in [1.54, 1.807) is 0 Å². The van der Waals surface area contributed by atoms with Crippen LogP contribution >= 0.6 is 23.2 Å². The van der Waals surface area contributed by atoms with E-state index < -0.39 is 11.6 Å². The molecule has 3 nitrogen and oxygen atoms in total. The molecule has 1 aromatic heterocycles. The lowest BCUT2D eigenvalue weighted by atomic mass is 10.3. The molecule has 0 N–H and O–H groups in total. The lowest BCUT2D eigenvalue weighted by Crippen LogP contribution is -1.92. The van der Waals surface area contributed by atoms with Gasteiger partial charge >= 0.3 is 0 Å². The van der Waals surface area contributed by atoms with Crippen LogP contribution < -0.4 is 4.74 Å². The summed E-state index contributed by atoms with van der Waals surface area (Å²) in [4.78, 5) is 0. The molecule has 7 heteroatoms. The number of benzene rings is 1. The van der Waals surface area contributed by atoms with Gasteiger partial charge in [0, 0.05) is 12.1 Å². The molecule has 1 aromatic carbocycles. The Balaban J connectivity index is 2.31. The average Bonchev–Trinajstić information content (AvgIpc) is 2.29. The summed E-state index contributed by atoms with van der Waals surface area (Å²) in [6.07, 6.45) is 0. The predicted molar refractivity (Wildman–Crippen MR) is 58.5 cm³/mol. The molecule has 0 saturated carbocycles. The van der Waals surface area contributed by atoms with Gasteiger partial charge in [0.25, 0.3) is 0 Å². The molecule has 0 unspecified atom stereocenters. The highest BCUT2D eigenvalue weighted by Gasteiger charge is 2.09. The topological polar surface area (TPSA) is 35.0 Å². The van der Waals surface area contributed by atoms with Gasteiger partial charge in [-0.2, -0.15) is 0 Å². The highest BCUT2D eigenvalue weighted by Crippen LogP contribution is 2.29. The smallest absolute Gasteiger partial charge is 0.194 e. The Bertz CT molecular complexity index is 566. The van der Waals surface area contributed by atoms with Gasteiger partial charge in [0.05, 0.1) is 0 Å². The molecule has 0 radical (unpaired) electrons. The van der Waals surface area contributed by atoms with Crippen molar-refractivity contribution in [1.29, 1.82) is 0 Å². The average molecular weight is 277 g/mol. The highest BCUT2D eigenvalue weighted by molar-refractivity contribution is 6.32. The lowest BCUT2D eigenvalue weighted by molar-refractivity contribution is 0.459. The lowest BCUT2D eigenvalue weighted by Gasteiger charge is -2.06. The predicted octanol–water partition coefficient (Wildman–Crippen LogP) is 3.85. The van der Waals surface area contributed by atoms with Crippen molar-refractivity contribution in [3.8, 4) is 11.5 Å². The van der Waals surface area contributed by atoms with Crippen molar-refractivity contribution >= 4 is 23.2 Å². The van der Waals surface area contributed by atoms with E-state index >= 15 is 0 Å².